The van der Waals surface area contributed by atoms with Crippen LogP contribution in [-0.4, -0.2) is 45.3 Å². The van der Waals surface area contributed by atoms with E-state index in [4.69, 9.17) is 20.6 Å². The second-order valence-corrected chi connectivity index (χ2v) is 7.21. The van der Waals surface area contributed by atoms with E-state index in [0.29, 0.717) is 41.8 Å². The first kappa shape index (κ1) is 22.9. The third-order valence-electron chi connectivity index (χ3n) is 4.93. The molecular formula is C25H26N2O5. The zero-order valence-corrected chi connectivity index (χ0v) is 17.9. The number of methoxy groups -OCH3 is 1. The molecule has 7 heteroatoms. The maximum atomic E-state index is 12.6. The molecule has 1 aliphatic heterocycles. The smallest absolute Gasteiger partial charge is 0.253 e. The monoisotopic (exact) mass is 434 g/mol. The van der Waals surface area contributed by atoms with Gasteiger partial charge in [-0.05, 0) is 42.3 Å². The van der Waals surface area contributed by atoms with Gasteiger partial charge in [0.15, 0.2) is 11.5 Å². The molecule has 1 saturated heterocycles. The number of terminal acetylenes is 1. The molecule has 1 atom stereocenters. The van der Waals surface area contributed by atoms with Crippen LogP contribution < -0.4 is 20.1 Å². The molecule has 1 unspecified atom stereocenters. The molecule has 7 nitrogen and oxygen atoms in total. The Morgan fingerprint density at radius 2 is 2.09 bits per heavy atom. The Balaban J connectivity index is 1.63. The molecule has 0 bridgehead atoms. The Labute approximate surface area is 187 Å². The number of amides is 2. The van der Waals surface area contributed by atoms with E-state index >= 15 is 0 Å². The quantitative estimate of drug-likeness (QED) is 0.468. The van der Waals surface area contributed by atoms with Crippen LogP contribution in [0, 0.1) is 18.3 Å². The maximum Gasteiger partial charge on any atom is 0.253 e. The molecule has 0 saturated carbocycles. The zero-order chi connectivity index (χ0) is 22.8. The molecule has 0 aromatic heterocycles. The van der Waals surface area contributed by atoms with Crippen LogP contribution in [0.4, 0.5) is 5.69 Å². The number of benzene rings is 2. The van der Waals surface area contributed by atoms with E-state index in [1.165, 1.54) is 13.2 Å². The summed E-state index contributed by atoms with van der Waals surface area (Å²) in [7, 11) is 1.53. The summed E-state index contributed by atoms with van der Waals surface area (Å²) in [5, 5.41) is 5.69. The second-order valence-electron chi connectivity index (χ2n) is 7.21. The third kappa shape index (κ3) is 6.37. The number of ether oxygens (including phenoxy) is 3. The van der Waals surface area contributed by atoms with E-state index in [-0.39, 0.29) is 18.4 Å². The number of hydrogen-bond donors (Lipinski definition) is 2. The number of carbonyl (C=O) groups excluding carboxylic acids is 2. The Morgan fingerprint density at radius 3 is 2.84 bits per heavy atom. The molecule has 2 aromatic rings. The van der Waals surface area contributed by atoms with Gasteiger partial charge in [0, 0.05) is 25.1 Å². The van der Waals surface area contributed by atoms with Crippen molar-refractivity contribution < 1.29 is 23.8 Å². The lowest BCUT2D eigenvalue weighted by Crippen LogP contribution is -2.30. The topological polar surface area (TPSA) is 85.9 Å². The predicted octanol–water partition coefficient (Wildman–Crippen LogP) is 3.13. The minimum atomic E-state index is -0.360. The van der Waals surface area contributed by atoms with Gasteiger partial charge < -0.3 is 24.8 Å². The minimum Gasteiger partial charge on any atom is -0.493 e. The van der Waals surface area contributed by atoms with Gasteiger partial charge in [-0.2, -0.15) is 0 Å². The molecule has 166 valence electrons. The highest BCUT2D eigenvalue weighted by Crippen LogP contribution is 2.28. The molecule has 3 rings (SSSR count). The fraction of sp³-hybridized carbons (Fsp3) is 0.280. The lowest BCUT2D eigenvalue weighted by atomic mass is 10.1. The fourth-order valence-electron chi connectivity index (χ4n) is 3.24. The van der Waals surface area contributed by atoms with Crippen molar-refractivity contribution in [3.63, 3.8) is 0 Å². The number of rotatable bonds is 9. The summed E-state index contributed by atoms with van der Waals surface area (Å²) in [5.74, 6) is 3.17. The van der Waals surface area contributed by atoms with Crippen molar-refractivity contribution in [3.05, 3.63) is 59.7 Å². The summed E-state index contributed by atoms with van der Waals surface area (Å²) in [4.78, 5) is 25.1. The highest BCUT2D eigenvalue weighted by molar-refractivity contribution is 6.07. The first-order chi connectivity index (χ1) is 15.6. The van der Waals surface area contributed by atoms with Crippen LogP contribution in [0.3, 0.4) is 0 Å². The molecule has 1 fully saturated rings. The zero-order valence-electron chi connectivity index (χ0n) is 17.9. The number of anilines is 1. The lowest BCUT2D eigenvalue weighted by Gasteiger charge is -2.12. The summed E-state index contributed by atoms with van der Waals surface area (Å²) in [6.07, 6.45) is 9.19. The Morgan fingerprint density at radius 1 is 1.25 bits per heavy atom. The van der Waals surface area contributed by atoms with Crippen LogP contribution in [-0.2, 0) is 9.53 Å². The normalized spacial score (nSPS) is 15.2. The number of para-hydroxylation sites is 1. The summed E-state index contributed by atoms with van der Waals surface area (Å²) in [6.45, 7) is 2.07. The molecule has 0 radical (unpaired) electrons. The van der Waals surface area contributed by atoms with Gasteiger partial charge in [-0.1, -0.05) is 24.1 Å². The van der Waals surface area contributed by atoms with Crippen LogP contribution in [0.25, 0.3) is 6.08 Å². The third-order valence-corrected chi connectivity index (χ3v) is 4.93. The lowest BCUT2D eigenvalue weighted by molar-refractivity contribution is -0.111. The van der Waals surface area contributed by atoms with Crippen molar-refractivity contribution in [2.45, 2.75) is 6.42 Å². The molecule has 2 N–H and O–H groups in total. The highest BCUT2D eigenvalue weighted by atomic mass is 16.5. The Kier molecular flexibility index (Phi) is 8.29. The molecule has 2 aromatic carbocycles. The minimum absolute atomic E-state index is 0.134. The van der Waals surface area contributed by atoms with Crippen LogP contribution in [0.1, 0.15) is 22.3 Å². The standard InChI is InChI=1S/C25H26N2O5/c1-3-13-32-22-10-8-18(15-23(22)30-2)9-11-24(28)27-21-7-5-4-6-20(21)25(29)26-16-19-12-14-31-17-19/h1,4-11,15,19H,12-14,16-17H2,2H3,(H,26,29)(H,27,28). The first-order valence-corrected chi connectivity index (χ1v) is 10.3. The molecule has 2 amide bonds. The summed E-state index contributed by atoms with van der Waals surface area (Å²) < 4.78 is 16.1. The number of carbonyl (C=O) groups is 2. The van der Waals surface area contributed by atoms with E-state index in [9.17, 15) is 9.59 Å². The number of hydrogen-bond acceptors (Lipinski definition) is 5. The van der Waals surface area contributed by atoms with Crippen molar-refractivity contribution in [1.82, 2.24) is 5.32 Å². The van der Waals surface area contributed by atoms with Crippen molar-refractivity contribution in [1.29, 1.82) is 0 Å². The number of nitrogens with one attached hydrogen (secondary N) is 2. The van der Waals surface area contributed by atoms with E-state index < -0.39 is 0 Å². The van der Waals surface area contributed by atoms with Crippen LogP contribution in [0.2, 0.25) is 0 Å². The van der Waals surface area contributed by atoms with Gasteiger partial charge in [-0.15, -0.1) is 6.42 Å². The van der Waals surface area contributed by atoms with Crippen molar-refractivity contribution in [3.8, 4) is 23.8 Å². The van der Waals surface area contributed by atoms with Gasteiger partial charge in [-0.3, -0.25) is 9.59 Å². The maximum absolute atomic E-state index is 12.6. The highest BCUT2D eigenvalue weighted by Gasteiger charge is 2.18. The molecule has 0 aliphatic carbocycles. The SMILES string of the molecule is C#CCOc1ccc(C=CC(=O)Nc2ccccc2C(=O)NCC2CCOC2)cc1OC. The van der Waals surface area contributed by atoms with Crippen LogP contribution in [0.15, 0.2) is 48.5 Å². The summed E-state index contributed by atoms with van der Waals surface area (Å²) >= 11 is 0. The molecule has 1 heterocycles. The van der Waals surface area contributed by atoms with Gasteiger partial charge in [0.25, 0.3) is 5.91 Å². The Hall–Kier alpha value is -3.76. The fourth-order valence-corrected chi connectivity index (χ4v) is 3.24. The predicted molar refractivity (Wildman–Crippen MR) is 123 cm³/mol. The van der Waals surface area contributed by atoms with Crippen molar-refractivity contribution in [2.24, 2.45) is 5.92 Å². The van der Waals surface area contributed by atoms with Crippen molar-refractivity contribution in [2.75, 3.05) is 38.8 Å². The van der Waals surface area contributed by atoms with E-state index in [0.717, 1.165) is 18.6 Å². The first-order valence-electron chi connectivity index (χ1n) is 10.3. The van der Waals surface area contributed by atoms with Gasteiger partial charge in [0.2, 0.25) is 5.91 Å². The van der Waals surface area contributed by atoms with Gasteiger partial charge in [0.05, 0.1) is 25.0 Å². The summed E-state index contributed by atoms with van der Waals surface area (Å²) in [5.41, 5.74) is 1.60. The molecular weight excluding hydrogens is 408 g/mol. The van der Waals surface area contributed by atoms with Gasteiger partial charge in [-0.25, -0.2) is 0 Å². The average Bonchev–Trinajstić information content (AvgIpc) is 3.34. The second kappa shape index (κ2) is 11.6. The summed E-state index contributed by atoms with van der Waals surface area (Å²) in [6, 6.07) is 12.1. The van der Waals surface area contributed by atoms with Gasteiger partial charge in [0.1, 0.15) is 6.61 Å². The average molecular weight is 434 g/mol. The van der Waals surface area contributed by atoms with Crippen LogP contribution >= 0.6 is 0 Å². The van der Waals surface area contributed by atoms with Crippen LogP contribution in [0.5, 0.6) is 11.5 Å². The van der Waals surface area contributed by atoms with E-state index in [1.807, 2.05) is 0 Å². The molecule has 0 spiro atoms. The molecule has 32 heavy (non-hydrogen) atoms. The Bertz CT molecular complexity index is 1020. The largest absolute Gasteiger partial charge is 0.493 e. The molecule has 1 aliphatic rings. The van der Waals surface area contributed by atoms with E-state index in [1.54, 1.807) is 48.5 Å². The van der Waals surface area contributed by atoms with Gasteiger partial charge >= 0.3 is 0 Å². The van der Waals surface area contributed by atoms with E-state index in [2.05, 4.69) is 16.6 Å². The van der Waals surface area contributed by atoms with Crippen molar-refractivity contribution >= 4 is 23.6 Å².